The predicted molar refractivity (Wildman–Crippen MR) is 220 cm³/mol. The van der Waals surface area contributed by atoms with Gasteiger partial charge in [0.25, 0.3) is 5.91 Å². The number of piperidine rings is 1. The largest absolute Gasteiger partial charge is 0.465 e. The minimum atomic E-state index is -0.945. The Morgan fingerprint density at radius 3 is 2.29 bits per heavy atom. The first kappa shape index (κ1) is 42.3. The molecule has 5 amide bonds. The molecule has 1 saturated carbocycles. The number of alkyl carbamates (subject to hydrolysis) is 1. The molecule has 16 heteroatoms. The molecule has 1 saturated heterocycles. The molecule has 6 N–H and O–H groups in total. The Morgan fingerprint density at radius 2 is 1.64 bits per heavy atom. The smallest absolute Gasteiger partial charge is 0.407 e. The van der Waals surface area contributed by atoms with Crippen molar-refractivity contribution in [3.8, 4) is 22.5 Å². The van der Waals surface area contributed by atoms with Crippen LogP contribution in [0.25, 0.3) is 22.5 Å². The van der Waals surface area contributed by atoms with Crippen LogP contribution in [0.5, 0.6) is 0 Å². The Balaban J connectivity index is 1.12. The molecule has 2 aliphatic rings. The Kier molecular flexibility index (Phi) is 13.6. The van der Waals surface area contributed by atoms with Gasteiger partial charge in [-0.25, -0.2) is 14.7 Å². The number of nitrogens with zero attached hydrogens (tertiary/aromatic N) is 4. The molecule has 1 aliphatic carbocycles. The molecular weight excluding hydrogens is 755 g/mol. The number of hydrogen-bond donors (Lipinski definition) is 6. The maximum Gasteiger partial charge on any atom is 0.407 e. The van der Waals surface area contributed by atoms with Crippen LogP contribution in [0.1, 0.15) is 80.8 Å². The number of ether oxygens (including phenoxy) is 1. The molecule has 1 aliphatic heterocycles. The van der Waals surface area contributed by atoms with Crippen molar-refractivity contribution >= 4 is 35.6 Å². The van der Waals surface area contributed by atoms with Crippen molar-refractivity contribution in [2.45, 2.75) is 90.3 Å². The Labute approximate surface area is 343 Å². The van der Waals surface area contributed by atoms with Crippen LogP contribution >= 0.6 is 0 Å². The van der Waals surface area contributed by atoms with Crippen molar-refractivity contribution in [3.05, 3.63) is 83.4 Å². The molecule has 1 aromatic heterocycles. The highest BCUT2D eigenvalue weighted by molar-refractivity contribution is 5.98. The van der Waals surface area contributed by atoms with Crippen molar-refractivity contribution in [1.82, 2.24) is 41.5 Å². The van der Waals surface area contributed by atoms with E-state index < -0.39 is 23.8 Å². The summed E-state index contributed by atoms with van der Waals surface area (Å²) in [7, 11) is 0. The normalized spacial score (nSPS) is 17.7. The number of rotatable bonds is 12. The van der Waals surface area contributed by atoms with Gasteiger partial charge in [-0.05, 0) is 141 Å². The molecule has 59 heavy (non-hydrogen) atoms. The van der Waals surface area contributed by atoms with Gasteiger partial charge in [-0.3, -0.25) is 14.4 Å². The number of tetrazole rings is 1. The van der Waals surface area contributed by atoms with Crippen LogP contribution in [0.15, 0.2) is 66.7 Å². The van der Waals surface area contributed by atoms with E-state index in [1.807, 2.05) is 64.1 Å². The summed E-state index contributed by atoms with van der Waals surface area (Å²) < 4.78 is 5.36. The quantitative estimate of drug-likeness (QED) is 0.102. The lowest BCUT2D eigenvalue weighted by Crippen LogP contribution is -2.48. The molecule has 0 unspecified atom stereocenters. The zero-order valence-corrected chi connectivity index (χ0v) is 33.9. The van der Waals surface area contributed by atoms with Crippen molar-refractivity contribution in [2.75, 3.05) is 25.0 Å². The summed E-state index contributed by atoms with van der Waals surface area (Å²) in [5.74, 6) is -0.327. The Hall–Kier alpha value is -6.32. The minimum Gasteiger partial charge on any atom is -0.465 e. The van der Waals surface area contributed by atoms with Gasteiger partial charge in [0.05, 0.1) is 0 Å². The second kappa shape index (κ2) is 19.0. The zero-order valence-electron chi connectivity index (χ0n) is 33.9. The summed E-state index contributed by atoms with van der Waals surface area (Å²) in [6, 6.07) is 19.4. The number of carbonyl (C=O) groups excluding carboxylic acids is 4. The monoisotopic (exact) mass is 807 g/mol. The fraction of sp³-hybridized carbons (Fsp3) is 0.442. The standard InChI is InChI=1S/C43H53N9O7/c1-26-22-32(39(54)45-34-18-20-52(21-19-34)42(57)58)14-17-35(26)31-7-5-6-28(23-31)24-36(40(55)46-33-15-12-29(13-16-33)37-48-50-51-49-37)47-38(53)30-10-8-27(9-11-30)25-44-41(56)59-43(2,3)4/h5-7,12-17,22-23,27,30,34,36H,8-11,18-21,24-25H2,1-4H3,(H,44,56)(H,45,54)(H,46,55)(H,47,53)(H,57,58)(H,48,49,50,51)/t27-,30-,36-/m0/s1. The van der Waals surface area contributed by atoms with Gasteiger partial charge in [0.2, 0.25) is 11.8 Å². The lowest BCUT2D eigenvalue weighted by Gasteiger charge is -2.30. The number of amides is 5. The molecule has 2 heterocycles. The average Bonchev–Trinajstić information content (AvgIpc) is 3.75. The fourth-order valence-electron chi connectivity index (χ4n) is 7.61. The van der Waals surface area contributed by atoms with Crippen LogP contribution in [0.2, 0.25) is 0 Å². The van der Waals surface area contributed by atoms with Crippen molar-refractivity contribution in [1.29, 1.82) is 0 Å². The number of aromatic nitrogens is 4. The fourth-order valence-corrected chi connectivity index (χ4v) is 7.61. The number of aromatic amines is 1. The van der Waals surface area contributed by atoms with E-state index in [1.165, 1.54) is 4.90 Å². The second-order valence-electron chi connectivity index (χ2n) is 16.4. The number of hydrogen-bond acceptors (Lipinski definition) is 9. The van der Waals surface area contributed by atoms with Gasteiger partial charge in [-0.1, -0.05) is 30.3 Å². The second-order valence-corrected chi connectivity index (χ2v) is 16.4. The lowest BCUT2D eigenvalue weighted by atomic mass is 9.81. The van der Waals surface area contributed by atoms with Crippen LogP contribution in [0.4, 0.5) is 15.3 Å². The third-order valence-corrected chi connectivity index (χ3v) is 10.8. The van der Waals surface area contributed by atoms with Crippen molar-refractivity contribution in [2.24, 2.45) is 11.8 Å². The van der Waals surface area contributed by atoms with Crippen LogP contribution in [-0.4, -0.2) is 97.9 Å². The summed E-state index contributed by atoms with van der Waals surface area (Å²) >= 11 is 0. The van der Waals surface area contributed by atoms with Crippen LogP contribution < -0.4 is 21.3 Å². The summed E-state index contributed by atoms with van der Waals surface area (Å²) in [5, 5.41) is 35.0. The third-order valence-electron chi connectivity index (χ3n) is 10.8. The van der Waals surface area contributed by atoms with E-state index in [2.05, 4.69) is 41.9 Å². The summed E-state index contributed by atoms with van der Waals surface area (Å²) in [5.41, 5.74) is 4.76. The van der Waals surface area contributed by atoms with Gasteiger partial charge < -0.3 is 36.0 Å². The van der Waals surface area contributed by atoms with Gasteiger partial charge in [0, 0.05) is 54.8 Å². The highest BCUT2D eigenvalue weighted by atomic mass is 16.6. The average molecular weight is 808 g/mol. The van der Waals surface area contributed by atoms with Crippen molar-refractivity contribution in [3.63, 3.8) is 0 Å². The minimum absolute atomic E-state index is 0.0975. The van der Waals surface area contributed by atoms with Crippen molar-refractivity contribution < 1.29 is 33.8 Å². The predicted octanol–water partition coefficient (Wildman–Crippen LogP) is 5.71. The first-order valence-corrected chi connectivity index (χ1v) is 20.1. The molecule has 312 valence electrons. The number of carbonyl (C=O) groups is 5. The topological polar surface area (TPSA) is 221 Å². The number of nitrogens with one attached hydrogen (secondary N) is 5. The summed E-state index contributed by atoms with van der Waals surface area (Å²) in [6.07, 6.45) is 2.72. The number of likely N-dealkylation sites (tertiary alicyclic amines) is 1. The number of H-pyrrole nitrogens is 1. The van der Waals surface area contributed by atoms with Crippen LogP contribution in [0, 0.1) is 18.8 Å². The Bertz CT molecular complexity index is 2100. The molecule has 6 rings (SSSR count). The van der Waals surface area contributed by atoms with E-state index in [0.29, 0.717) is 62.4 Å². The van der Waals surface area contributed by atoms with Gasteiger partial charge in [-0.15, -0.1) is 5.10 Å². The zero-order chi connectivity index (χ0) is 42.1. The Morgan fingerprint density at radius 1 is 0.915 bits per heavy atom. The van der Waals surface area contributed by atoms with E-state index in [-0.39, 0.29) is 42.0 Å². The molecule has 0 spiro atoms. The molecule has 2 fully saturated rings. The number of aryl methyl sites for hydroxylation is 1. The third kappa shape index (κ3) is 11.9. The van der Waals surface area contributed by atoms with Crippen LogP contribution in [-0.2, 0) is 20.7 Å². The van der Waals surface area contributed by atoms with Gasteiger partial charge >= 0.3 is 12.2 Å². The van der Waals surface area contributed by atoms with Crippen LogP contribution in [0.3, 0.4) is 0 Å². The molecule has 4 aromatic rings. The molecule has 3 aromatic carbocycles. The number of carboxylic acid groups (broad SMARTS) is 1. The maximum absolute atomic E-state index is 14.0. The maximum atomic E-state index is 14.0. The number of benzene rings is 3. The van der Waals surface area contributed by atoms with E-state index in [9.17, 15) is 29.1 Å². The van der Waals surface area contributed by atoms with E-state index in [1.54, 1.807) is 30.3 Å². The van der Waals surface area contributed by atoms with Gasteiger partial charge in [0.15, 0.2) is 5.82 Å². The molecular formula is C43H53N9O7. The highest BCUT2D eigenvalue weighted by Crippen LogP contribution is 2.30. The number of anilines is 1. The molecule has 0 bridgehead atoms. The molecule has 0 radical (unpaired) electrons. The van der Waals surface area contributed by atoms with E-state index >= 15 is 0 Å². The SMILES string of the molecule is Cc1cc(C(=O)NC2CCN(C(=O)O)CC2)ccc1-c1cccc(C[C@H](NC(=O)[C@H]2CC[C@H](CNC(=O)OC(C)(C)C)CC2)C(=O)Nc2ccc(-c3nnn[nH]3)cc2)c1. The first-order chi connectivity index (χ1) is 28.2. The van der Waals surface area contributed by atoms with Gasteiger partial charge in [-0.2, -0.15) is 0 Å². The lowest BCUT2D eigenvalue weighted by molar-refractivity contribution is -0.130. The van der Waals surface area contributed by atoms with Gasteiger partial charge in [0.1, 0.15) is 11.6 Å². The summed E-state index contributed by atoms with van der Waals surface area (Å²) in [4.78, 5) is 65.7. The first-order valence-electron chi connectivity index (χ1n) is 20.1. The molecule has 16 nitrogen and oxygen atoms in total. The highest BCUT2D eigenvalue weighted by Gasteiger charge is 2.31. The van der Waals surface area contributed by atoms with E-state index in [4.69, 9.17) is 4.74 Å². The van der Waals surface area contributed by atoms with E-state index in [0.717, 1.165) is 40.7 Å². The summed E-state index contributed by atoms with van der Waals surface area (Å²) in [6.45, 7) is 8.63. The molecule has 1 atom stereocenters.